The molecule has 1 aromatic rings. The molecule has 1 aliphatic heterocycles. The fourth-order valence-corrected chi connectivity index (χ4v) is 3.62. The van der Waals surface area contributed by atoms with Crippen molar-refractivity contribution in [3.05, 3.63) is 28.3 Å². The number of aliphatic imine (C=N–C) groups is 1. The van der Waals surface area contributed by atoms with Crippen molar-refractivity contribution in [2.75, 3.05) is 12.9 Å². The minimum Gasteiger partial charge on any atom is -0.496 e. The maximum absolute atomic E-state index is 12.8. The molecule has 8 nitrogen and oxygen atoms in total. The monoisotopic (exact) mass is 381 g/mol. The topological polar surface area (TPSA) is 113 Å². The number of amides is 1. The zero-order valence-electron chi connectivity index (χ0n) is 15.2. The molecule has 0 unspecified atom stereocenters. The van der Waals surface area contributed by atoms with Gasteiger partial charge >= 0.3 is 5.63 Å². The predicted molar refractivity (Wildman–Crippen MR) is 101 cm³/mol. The zero-order valence-corrected chi connectivity index (χ0v) is 16.1. The highest BCUT2D eigenvalue weighted by Crippen LogP contribution is 2.30. The average molecular weight is 381 g/mol. The molecule has 0 fully saturated rings. The summed E-state index contributed by atoms with van der Waals surface area (Å²) in [6.45, 7) is 5.32. The van der Waals surface area contributed by atoms with Gasteiger partial charge in [0.15, 0.2) is 0 Å². The molecule has 0 saturated carbocycles. The first kappa shape index (κ1) is 20.0. The molecule has 0 radical (unpaired) electrons. The first-order valence-electron chi connectivity index (χ1n) is 8.24. The summed E-state index contributed by atoms with van der Waals surface area (Å²) in [5, 5.41) is 15.5. The predicted octanol–water partition coefficient (Wildman–Crippen LogP) is 2.36. The van der Waals surface area contributed by atoms with Crippen molar-refractivity contribution < 1.29 is 19.2 Å². The summed E-state index contributed by atoms with van der Waals surface area (Å²) < 4.78 is 10.4. The molecule has 1 aromatic heterocycles. The SMILES string of the molecule is CCC[C@H](NC(=O)[C@]1(C)CSC(/C(C)=N/O)=N1)c1cc(OC)cc(=O)o1. The van der Waals surface area contributed by atoms with Crippen molar-refractivity contribution in [2.24, 2.45) is 10.1 Å². The van der Waals surface area contributed by atoms with Gasteiger partial charge in [0.25, 0.3) is 0 Å². The van der Waals surface area contributed by atoms with Crippen LogP contribution in [-0.2, 0) is 4.79 Å². The van der Waals surface area contributed by atoms with Crippen molar-refractivity contribution >= 4 is 28.4 Å². The summed E-state index contributed by atoms with van der Waals surface area (Å²) in [6, 6.07) is 2.38. The number of methoxy groups -OCH3 is 1. The van der Waals surface area contributed by atoms with Gasteiger partial charge in [-0.25, -0.2) is 4.79 Å². The number of carbonyl (C=O) groups is 1. The van der Waals surface area contributed by atoms with E-state index >= 15 is 0 Å². The van der Waals surface area contributed by atoms with E-state index in [4.69, 9.17) is 14.4 Å². The number of ether oxygens (including phenoxy) is 1. The van der Waals surface area contributed by atoms with Gasteiger partial charge in [-0.2, -0.15) is 0 Å². The Balaban J connectivity index is 2.25. The van der Waals surface area contributed by atoms with E-state index in [0.29, 0.717) is 34.4 Å². The van der Waals surface area contributed by atoms with E-state index in [0.717, 1.165) is 6.42 Å². The number of nitrogens with zero attached hydrogens (tertiary/aromatic N) is 2. The Morgan fingerprint density at radius 1 is 1.58 bits per heavy atom. The van der Waals surface area contributed by atoms with Gasteiger partial charge in [0.05, 0.1) is 19.2 Å². The lowest BCUT2D eigenvalue weighted by Gasteiger charge is -2.24. The second kappa shape index (κ2) is 8.39. The van der Waals surface area contributed by atoms with E-state index in [2.05, 4.69) is 15.5 Å². The van der Waals surface area contributed by atoms with Crippen molar-refractivity contribution in [2.45, 2.75) is 45.2 Å². The molecule has 2 heterocycles. The Morgan fingerprint density at radius 2 is 2.31 bits per heavy atom. The summed E-state index contributed by atoms with van der Waals surface area (Å²) in [5.74, 6) is 0.872. The van der Waals surface area contributed by atoms with Gasteiger partial charge in [0.1, 0.15) is 27.8 Å². The Kier molecular flexibility index (Phi) is 6.47. The highest BCUT2D eigenvalue weighted by molar-refractivity contribution is 8.16. The van der Waals surface area contributed by atoms with Crippen LogP contribution in [0.15, 0.2) is 31.5 Å². The molecule has 2 N–H and O–H groups in total. The number of thioether (sulfide) groups is 1. The summed E-state index contributed by atoms with van der Waals surface area (Å²) in [7, 11) is 1.46. The number of hydrogen-bond donors (Lipinski definition) is 2. The molecule has 2 atom stereocenters. The van der Waals surface area contributed by atoms with Gasteiger partial charge < -0.3 is 19.7 Å². The van der Waals surface area contributed by atoms with E-state index in [9.17, 15) is 9.59 Å². The first-order valence-corrected chi connectivity index (χ1v) is 9.23. The molecule has 0 bridgehead atoms. The van der Waals surface area contributed by atoms with E-state index in [-0.39, 0.29) is 5.91 Å². The summed E-state index contributed by atoms with van der Waals surface area (Å²) in [5.41, 5.74) is -1.15. The number of nitrogens with one attached hydrogen (secondary N) is 1. The van der Waals surface area contributed by atoms with Gasteiger partial charge in [-0.3, -0.25) is 9.79 Å². The van der Waals surface area contributed by atoms with Crippen LogP contribution in [0.2, 0.25) is 0 Å². The number of hydrogen-bond acceptors (Lipinski definition) is 8. The standard InChI is InChI=1S/C17H23N3O5S/c1-5-6-12(13-7-11(24-4)8-14(21)25-13)18-16(22)17(3)9-26-15(19-17)10(2)20-23/h7-8,12,23H,5-6,9H2,1-4H3,(H,18,22)/b20-10+/t12-,17-/m0/s1. The third-order valence-corrected chi connectivity index (χ3v) is 5.38. The number of carbonyl (C=O) groups excluding carboxylic acids is 1. The van der Waals surface area contributed by atoms with Gasteiger partial charge in [-0.15, -0.1) is 11.8 Å². The highest BCUT2D eigenvalue weighted by atomic mass is 32.2. The van der Waals surface area contributed by atoms with Crippen LogP contribution >= 0.6 is 11.8 Å². The molecular weight excluding hydrogens is 358 g/mol. The van der Waals surface area contributed by atoms with Crippen LogP contribution in [0.4, 0.5) is 0 Å². The molecule has 0 aliphatic carbocycles. The molecule has 0 spiro atoms. The molecule has 0 saturated heterocycles. The minimum atomic E-state index is -0.989. The van der Waals surface area contributed by atoms with Crippen molar-refractivity contribution in [1.82, 2.24) is 5.32 Å². The summed E-state index contributed by atoms with van der Waals surface area (Å²) in [6.07, 6.45) is 1.38. The van der Waals surface area contributed by atoms with Crippen LogP contribution in [0.25, 0.3) is 0 Å². The Morgan fingerprint density at radius 3 is 2.92 bits per heavy atom. The van der Waals surface area contributed by atoms with E-state index in [1.807, 2.05) is 6.92 Å². The quantitative estimate of drug-likeness (QED) is 0.426. The number of rotatable bonds is 7. The van der Waals surface area contributed by atoms with Crippen LogP contribution in [0.1, 0.15) is 45.4 Å². The normalized spacial score (nSPS) is 21.2. The van der Waals surface area contributed by atoms with E-state index in [1.54, 1.807) is 19.9 Å². The highest BCUT2D eigenvalue weighted by Gasteiger charge is 2.40. The lowest BCUT2D eigenvalue weighted by atomic mass is 10.0. The van der Waals surface area contributed by atoms with Crippen LogP contribution < -0.4 is 15.7 Å². The van der Waals surface area contributed by atoms with Crippen LogP contribution in [0.3, 0.4) is 0 Å². The molecule has 2 rings (SSSR count). The maximum atomic E-state index is 12.8. The Labute approximate surface area is 155 Å². The molecule has 1 amide bonds. The van der Waals surface area contributed by atoms with Crippen LogP contribution in [-0.4, -0.2) is 40.3 Å². The molecule has 26 heavy (non-hydrogen) atoms. The summed E-state index contributed by atoms with van der Waals surface area (Å²) >= 11 is 1.36. The van der Waals surface area contributed by atoms with Gasteiger partial charge in [0.2, 0.25) is 5.91 Å². The van der Waals surface area contributed by atoms with Crippen molar-refractivity contribution in [3.8, 4) is 5.75 Å². The zero-order chi connectivity index (χ0) is 19.3. The molecule has 0 aromatic carbocycles. The fraction of sp³-hybridized carbons (Fsp3) is 0.529. The lowest BCUT2D eigenvalue weighted by molar-refractivity contribution is -0.125. The van der Waals surface area contributed by atoms with Crippen LogP contribution in [0.5, 0.6) is 5.75 Å². The Bertz CT molecular complexity index is 789. The third kappa shape index (κ3) is 4.46. The van der Waals surface area contributed by atoms with Crippen LogP contribution in [0, 0.1) is 0 Å². The first-order chi connectivity index (χ1) is 12.3. The molecular formula is C17H23N3O5S. The van der Waals surface area contributed by atoms with Gasteiger partial charge in [-0.05, 0) is 20.3 Å². The minimum absolute atomic E-state index is 0.283. The van der Waals surface area contributed by atoms with Gasteiger partial charge in [0, 0.05) is 11.8 Å². The fourth-order valence-electron chi connectivity index (χ4n) is 2.49. The van der Waals surface area contributed by atoms with Crippen molar-refractivity contribution in [3.63, 3.8) is 0 Å². The molecule has 1 aliphatic rings. The maximum Gasteiger partial charge on any atom is 0.339 e. The Hall–Kier alpha value is -2.29. The average Bonchev–Trinajstić information content (AvgIpc) is 3.03. The van der Waals surface area contributed by atoms with E-state index < -0.39 is 17.2 Å². The molecule has 9 heteroatoms. The number of oxime groups is 1. The van der Waals surface area contributed by atoms with E-state index in [1.165, 1.54) is 24.9 Å². The third-order valence-electron chi connectivity index (χ3n) is 4.01. The second-order valence-electron chi connectivity index (χ2n) is 6.20. The lowest BCUT2D eigenvalue weighted by Crippen LogP contribution is -2.45. The summed E-state index contributed by atoms with van der Waals surface area (Å²) in [4.78, 5) is 29.0. The molecule has 142 valence electrons. The smallest absolute Gasteiger partial charge is 0.339 e. The van der Waals surface area contributed by atoms with Gasteiger partial charge in [-0.1, -0.05) is 18.5 Å². The van der Waals surface area contributed by atoms with Crippen molar-refractivity contribution in [1.29, 1.82) is 0 Å². The second-order valence-corrected chi connectivity index (χ2v) is 7.16. The largest absolute Gasteiger partial charge is 0.496 e.